The van der Waals surface area contributed by atoms with Gasteiger partial charge < -0.3 is 20.1 Å². The largest absolute Gasteiger partial charge is 0.493 e. The Hall–Kier alpha value is -2.81. The van der Waals surface area contributed by atoms with E-state index in [-0.39, 0.29) is 30.4 Å². The average molecular weight is 519 g/mol. The molecule has 2 aromatic rings. The highest BCUT2D eigenvalue weighted by atomic mass is 19.1. The zero-order valence-electron chi connectivity index (χ0n) is 22.0. The van der Waals surface area contributed by atoms with Gasteiger partial charge in [-0.25, -0.2) is 18.7 Å². The van der Waals surface area contributed by atoms with Gasteiger partial charge in [0.25, 0.3) is 0 Å². The van der Waals surface area contributed by atoms with Crippen LogP contribution in [-0.2, 0) is 11.2 Å². The van der Waals surface area contributed by atoms with E-state index in [2.05, 4.69) is 27.1 Å². The third-order valence-electron chi connectivity index (χ3n) is 6.92. The number of piperidine rings is 1. The zero-order chi connectivity index (χ0) is 26.6. The predicted molar refractivity (Wildman–Crippen MR) is 140 cm³/mol. The molecule has 1 unspecified atom stereocenters. The minimum Gasteiger partial charge on any atom is -0.493 e. The van der Waals surface area contributed by atoms with Gasteiger partial charge in [0.1, 0.15) is 17.4 Å². The van der Waals surface area contributed by atoms with Gasteiger partial charge in [-0.15, -0.1) is 0 Å². The molecule has 0 aliphatic carbocycles. The van der Waals surface area contributed by atoms with Crippen LogP contribution in [0.5, 0.6) is 5.75 Å². The molecule has 1 aliphatic rings. The lowest BCUT2D eigenvalue weighted by molar-refractivity contribution is -0.119. The lowest BCUT2D eigenvalue weighted by atomic mass is 9.92. The molecule has 1 fully saturated rings. The van der Waals surface area contributed by atoms with Crippen molar-refractivity contribution < 1.29 is 23.4 Å². The molecule has 1 amide bonds. The Balaban J connectivity index is 1.44. The number of hydrogen-bond acceptors (Lipinski definition) is 6. The van der Waals surface area contributed by atoms with Crippen molar-refractivity contribution >= 4 is 11.9 Å². The number of benzene rings is 1. The molecule has 37 heavy (non-hydrogen) atoms. The van der Waals surface area contributed by atoms with Crippen LogP contribution in [0.3, 0.4) is 0 Å². The molecule has 1 saturated heterocycles. The van der Waals surface area contributed by atoms with Crippen LogP contribution < -0.4 is 15.0 Å². The zero-order valence-corrected chi connectivity index (χ0v) is 22.0. The first-order chi connectivity index (χ1) is 17.9. The van der Waals surface area contributed by atoms with Gasteiger partial charge in [-0.2, -0.15) is 0 Å². The smallest absolute Gasteiger partial charge is 0.225 e. The van der Waals surface area contributed by atoms with E-state index in [0.29, 0.717) is 25.4 Å². The molecule has 3 rings (SSSR count). The molecule has 204 valence electrons. The van der Waals surface area contributed by atoms with Gasteiger partial charge in [0, 0.05) is 69.2 Å². The fraction of sp³-hybridized carbons (Fsp3) is 0.607. The van der Waals surface area contributed by atoms with Gasteiger partial charge in [0.05, 0.1) is 6.61 Å². The number of aryl methyl sites for hydroxylation is 1. The van der Waals surface area contributed by atoms with Gasteiger partial charge in [-0.05, 0) is 56.4 Å². The third kappa shape index (κ3) is 8.91. The van der Waals surface area contributed by atoms with Crippen molar-refractivity contribution in [2.45, 2.75) is 71.1 Å². The number of nitrogens with one attached hydrogen (secondary N) is 1. The maximum absolute atomic E-state index is 14.8. The van der Waals surface area contributed by atoms with Crippen LogP contribution in [-0.4, -0.2) is 53.8 Å². The summed E-state index contributed by atoms with van der Waals surface area (Å²) < 4.78 is 35.4. The molecule has 9 heteroatoms. The lowest BCUT2D eigenvalue weighted by Crippen LogP contribution is -2.35. The maximum atomic E-state index is 14.8. The first kappa shape index (κ1) is 28.8. The van der Waals surface area contributed by atoms with Gasteiger partial charge in [0.2, 0.25) is 11.9 Å². The van der Waals surface area contributed by atoms with Crippen LogP contribution in [0.25, 0.3) is 0 Å². The van der Waals surface area contributed by atoms with Crippen molar-refractivity contribution in [2.24, 2.45) is 5.92 Å². The van der Waals surface area contributed by atoms with Crippen LogP contribution in [0.2, 0.25) is 0 Å². The highest BCUT2D eigenvalue weighted by molar-refractivity contribution is 5.72. The van der Waals surface area contributed by atoms with Crippen molar-refractivity contribution in [3.05, 3.63) is 47.3 Å². The van der Waals surface area contributed by atoms with E-state index in [1.165, 1.54) is 24.6 Å². The first-order valence-electron chi connectivity index (χ1n) is 13.4. The summed E-state index contributed by atoms with van der Waals surface area (Å²) >= 11 is 0. The molecule has 0 saturated carbocycles. The summed E-state index contributed by atoms with van der Waals surface area (Å²) in [6.45, 7) is 5.76. The van der Waals surface area contributed by atoms with Crippen molar-refractivity contribution in [2.75, 3.05) is 37.7 Å². The molecule has 1 atom stereocenters. The Morgan fingerprint density at radius 1 is 1.19 bits per heavy atom. The molecular formula is C28H40F2N4O3. The van der Waals surface area contributed by atoms with E-state index in [9.17, 15) is 13.6 Å². The summed E-state index contributed by atoms with van der Waals surface area (Å²) in [6.07, 6.45) is 10.6. The molecule has 1 aromatic carbocycles. The highest BCUT2D eigenvalue weighted by Gasteiger charge is 2.23. The Kier molecular flexibility index (Phi) is 11.5. The highest BCUT2D eigenvalue weighted by Crippen LogP contribution is 2.30. The van der Waals surface area contributed by atoms with E-state index < -0.39 is 17.6 Å². The Bertz CT molecular complexity index is 959. The SMILES string of the molecule is CCCc1cnc(N2CCC(CCCOc3cc(F)c(C(CCCO)CNC(C)=O)c(F)c3)CC2)nc1. The number of amides is 1. The Labute approximate surface area is 218 Å². The molecule has 1 aromatic heterocycles. The number of hydrogen-bond donors (Lipinski definition) is 2. The average Bonchev–Trinajstić information content (AvgIpc) is 2.88. The molecule has 2 heterocycles. The number of aliphatic hydroxyl groups excluding tert-OH is 1. The fourth-order valence-corrected chi connectivity index (χ4v) is 4.90. The Morgan fingerprint density at radius 3 is 2.46 bits per heavy atom. The third-order valence-corrected chi connectivity index (χ3v) is 6.92. The van der Waals surface area contributed by atoms with Crippen LogP contribution in [0.15, 0.2) is 24.5 Å². The number of ether oxygens (including phenoxy) is 1. The van der Waals surface area contributed by atoms with E-state index >= 15 is 0 Å². The van der Waals surface area contributed by atoms with Crippen LogP contribution in [0.4, 0.5) is 14.7 Å². The second kappa shape index (κ2) is 14.8. The molecule has 7 nitrogen and oxygen atoms in total. The quantitative estimate of drug-likeness (QED) is 0.350. The van der Waals surface area contributed by atoms with Crippen molar-refractivity contribution in [3.63, 3.8) is 0 Å². The maximum Gasteiger partial charge on any atom is 0.225 e. The Morgan fingerprint density at radius 2 is 1.86 bits per heavy atom. The number of aliphatic hydroxyl groups is 1. The monoisotopic (exact) mass is 518 g/mol. The van der Waals surface area contributed by atoms with Gasteiger partial charge in [-0.1, -0.05) is 13.3 Å². The summed E-state index contributed by atoms with van der Waals surface area (Å²) in [4.78, 5) is 22.6. The molecule has 0 spiro atoms. The first-order valence-corrected chi connectivity index (χ1v) is 13.4. The van der Waals surface area contributed by atoms with Crippen LogP contribution in [0, 0.1) is 17.6 Å². The molecule has 0 bridgehead atoms. The summed E-state index contributed by atoms with van der Waals surface area (Å²) in [5, 5.41) is 11.7. The normalized spacial score (nSPS) is 15.0. The summed E-state index contributed by atoms with van der Waals surface area (Å²) in [5.74, 6) is -0.676. The van der Waals surface area contributed by atoms with E-state index in [1.807, 2.05) is 12.4 Å². The van der Waals surface area contributed by atoms with Crippen LogP contribution >= 0.6 is 0 Å². The number of anilines is 1. The molecule has 2 N–H and O–H groups in total. The second-order valence-corrected chi connectivity index (χ2v) is 9.86. The molecule has 0 radical (unpaired) electrons. The number of aromatic nitrogens is 2. The number of halogens is 2. The predicted octanol–water partition coefficient (Wildman–Crippen LogP) is 4.78. The van der Waals surface area contributed by atoms with Crippen molar-refractivity contribution in [1.29, 1.82) is 0 Å². The summed E-state index contributed by atoms with van der Waals surface area (Å²) in [6, 6.07) is 2.42. The minimum atomic E-state index is -0.694. The minimum absolute atomic E-state index is 0.0784. The standard InChI is InChI=1S/C28H40F2N4O3/c1-3-6-22-17-32-28(33-18-22)34-11-9-21(10-12-34)7-5-14-37-24-15-25(29)27(26(30)16-24)23(8-4-13-35)19-31-20(2)36/h15-18,21,23,35H,3-14,19H2,1-2H3,(H,31,36). The van der Waals surface area contributed by atoms with Crippen LogP contribution in [0.1, 0.15) is 75.8 Å². The number of nitrogens with zero attached hydrogens (tertiary/aromatic N) is 3. The number of carbonyl (C=O) groups is 1. The molecular weight excluding hydrogens is 478 g/mol. The number of carbonyl (C=O) groups excluding carboxylic acids is 1. The van der Waals surface area contributed by atoms with E-state index in [4.69, 9.17) is 9.84 Å². The van der Waals surface area contributed by atoms with Crippen molar-refractivity contribution in [1.82, 2.24) is 15.3 Å². The second-order valence-electron chi connectivity index (χ2n) is 9.86. The van der Waals surface area contributed by atoms with E-state index in [1.54, 1.807) is 0 Å². The topological polar surface area (TPSA) is 87.6 Å². The summed E-state index contributed by atoms with van der Waals surface area (Å²) in [5.41, 5.74) is 1.09. The number of rotatable bonds is 14. The fourth-order valence-electron chi connectivity index (χ4n) is 4.90. The van der Waals surface area contributed by atoms with Gasteiger partial charge >= 0.3 is 0 Å². The van der Waals surface area contributed by atoms with Crippen molar-refractivity contribution in [3.8, 4) is 5.75 Å². The molecule has 1 aliphatic heterocycles. The van der Waals surface area contributed by atoms with Gasteiger partial charge in [0.15, 0.2) is 0 Å². The lowest BCUT2D eigenvalue weighted by Gasteiger charge is -2.32. The summed E-state index contributed by atoms with van der Waals surface area (Å²) in [7, 11) is 0. The van der Waals surface area contributed by atoms with Gasteiger partial charge in [-0.3, -0.25) is 4.79 Å². The van der Waals surface area contributed by atoms with E-state index in [0.717, 1.165) is 57.6 Å².